The highest BCUT2D eigenvalue weighted by Crippen LogP contribution is 2.57. The number of hydrogen-bond donors (Lipinski definition) is 0. The van der Waals surface area contributed by atoms with E-state index < -0.39 is 5.41 Å². The Morgan fingerprint density at radius 2 is 0.803 bits per heavy atom. The molecule has 15 rings (SSSR count). The van der Waals surface area contributed by atoms with Gasteiger partial charge in [-0.15, -0.1) is 11.3 Å². The van der Waals surface area contributed by atoms with E-state index in [0.717, 1.165) is 61.3 Å². The van der Waals surface area contributed by atoms with Crippen molar-refractivity contribution in [3.8, 4) is 55.6 Å². The summed E-state index contributed by atoms with van der Waals surface area (Å²) in [6.07, 6.45) is 0. The minimum Gasteiger partial charge on any atom is -0.456 e. The van der Waals surface area contributed by atoms with Crippen LogP contribution >= 0.6 is 11.3 Å². The van der Waals surface area contributed by atoms with Crippen LogP contribution in [0.1, 0.15) is 22.3 Å². The number of rotatable bonds is 9. The number of para-hydroxylation sites is 1. The third kappa shape index (κ3) is 7.08. The molecule has 1 aliphatic carbocycles. The van der Waals surface area contributed by atoms with Gasteiger partial charge >= 0.3 is 0 Å². The second-order valence-corrected chi connectivity index (χ2v) is 21.0. The van der Waals surface area contributed by atoms with Crippen LogP contribution in [0.5, 0.6) is 0 Å². The number of nitrogens with zero attached hydrogens (tertiary/aromatic N) is 1. The lowest BCUT2D eigenvalue weighted by Gasteiger charge is -2.33. The van der Waals surface area contributed by atoms with E-state index in [-0.39, 0.29) is 0 Å². The zero-order chi connectivity index (χ0) is 50.2. The first kappa shape index (κ1) is 44.0. The quantitative estimate of drug-likeness (QED) is 0.143. The Morgan fingerprint density at radius 3 is 1.54 bits per heavy atom. The maximum Gasteiger partial charge on any atom is 0.136 e. The lowest BCUT2D eigenvalue weighted by Crippen LogP contribution is -2.28. The Hall–Kier alpha value is -9.54. The van der Waals surface area contributed by atoms with E-state index in [2.05, 4.69) is 278 Å². The van der Waals surface area contributed by atoms with Crippen LogP contribution in [0.15, 0.2) is 290 Å². The SMILES string of the molecule is c1ccc(C2(c3ccccc3)c3ccccc3-c3cc(-c4ccc(-c5cccc(N(c6ccc(-c7ccc8c(c7)sc7ccccc78)cc6)c6ccc(-c7cccc8oc9ccccc9c78)cc6)c5)cc4)ccc32)cc1. The molecular weight excluding hydrogens is 939 g/mol. The van der Waals surface area contributed by atoms with Crippen molar-refractivity contribution in [3.05, 3.63) is 307 Å². The summed E-state index contributed by atoms with van der Waals surface area (Å²) in [7, 11) is 0. The number of benzene rings is 12. The summed E-state index contributed by atoms with van der Waals surface area (Å²) >= 11 is 1.86. The number of furan rings is 1. The summed E-state index contributed by atoms with van der Waals surface area (Å²) in [4.78, 5) is 2.38. The van der Waals surface area contributed by atoms with Gasteiger partial charge in [-0.25, -0.2) is 0 Å². The van der Waals surface area contributed by atoms with E-state index in [9.17, 15) is 0 Å². The molecule has 14 aromatic rings. The summed E-state index contributed by atoms with van der Waals surface area (Å²) in [5, 5.41) is 4.90. The first-order valence-corrected chi connectivity index (χ1v) is 26.9. The Bertz CT molecular complexity index is 4450. The second-order valence-electron chi connectivity index (χ2n) is 19.9. The molecule has 0 aliphatic heterocycles. The smallest absolute Gasteiger partial charge is 0.136 e. The Balaban J connectivity index is 0.791. The molecule has 0 bridgehead atoms. The molecule has 0 saturated heterocycles. The zero-order valence-corrected chi connectivity index (χ0v) is 42.2. The van der Waals surface area contributed by atoms with Crippen LogP contribution in [-0.4, -0.2) is 0 Å². The van der Waals surface area contributed by atoms with Crippen LogP contribution < -0.4 is 4.90 Å². The van der Waals surface area contributed by atoms with Crippen molar-refractivity contribution in [2.45, 2.75) is 5.41 Å². The van der Waals surface area contributed by atoms with Crippen LogP contribution in [-0.2, 0) is 5.41 Å². The largest absolute Gasteiger partial charge is 0.456 e. The summed E-state index contributed by atoms with van der Waals surface area (Å²) in [5.74, 6) is 0. The van der Waals surface area contributed by atoms with Crippen LogP contribution in [0.3, 0.4) is 0 Å². The molecule has 0 N–H and O–H groups in total. The average Bonchev–Trinajstić information content (AvgIpc) is 4.17. The van der Waals surface area contributed by atoms with Gasteiger partial charge in [0.15, 0.2) is 0 Å². The molecule has 0 amide bonds. The van der Waals surface area contributed by atoms with Gasteiger partial charge in [0, 0.05) is 48.0 Å². The van der Waals surface area contributed by atoms with Gasteiger partial charge in [0.2, 0.25) is 0 Å². The number of anilines is 3. The number of fused-ring (bicyclic) bond motifs is 9. The Morgan fingerprint density at radius 1 is 0.289 bits per heavy atom. The minimum absolute atomic E-state index is 0.418. The monoisotopic (exact) mass is 985 g/mol. The van der Waals surface area contributed by atoms with E-state index in [1.165, 1.54) is 75.8 Å². The fraction of sp³-hybridized carbons (Fsp3) is 0.0137. The fourth-order valence-corrected chi connectivity index (χ4v) is 13.4. The molecule has 0 spiro atoms. The summed E-state index contributed by atoms with van der Waals surface area (Å²) in [6.45, 7) is 0. The highest BCUT2D eigenvalue weighted by Gasteiger charge is 2.46. The van der Waals surface area contributed by atoms with Crippen molar-refractivity contribution in [1.29, 1.82) is 0 Å². The predicted octanol–water partition coefficient (Wildman–Crippen LogP) is 20.5. The van der Waals surface area contributed by atoms with E-state index in [1.807, 2.05) is 23.5 Å². The van der Waals surface area contributed by atoms with E-state index in [1.54, 1.807) is 0 Å². The molecule has 2 heterocycles. The predicted molar refractivity (Wildman–Crippen MR) is 320 cm³/mol. The molecule has 0 fully saturated rings. The molecular formula is C73H47NOS. The minimum atomic E-state index is -0.418. The van der Waals surface area contributed by atoms with E-state index >= 15 is 0 Å². The van der Waals surface area contributed by atoms with Crippen molar-refractivity contribution in [3.63, 3.8) is 0 Å². The molecule has 0 radical (unpaired) electrons. The van der Waals surface area contributed by atoms with Gasteiger partial charge in [-0.1, -0.05) is 218 Å². The van der Waals surface area contributed by atoms with Crippen molar-refractivity contribution < 1.29 is 4.42 Å². The van der Waals surface area contributed by atoms with Crippen LogP contribution in [0, 0.1) is 0 Å². The molecule has 12 aromatic carbocycles. The average molecular weight is 986 g/mol. The lowest BCUT2D eigenvalue weighted by atomic mass is 9.67. The summed E-state index contributed by atoms with van der Waals surface area (Å²) in [6, 6.07) is 104. The van der Waals surface area contributed by atoms with Crippen LogP contribution in [0.2, 0.25) is 0 Å². The van der Waals surface area contributed by atoms with E-state index in [0.29, 0.717) is 0 Å². The summed E-state index contributed by atoms with van der Waals surface area (Å²) < 4.78 is 8.92. The van der Waals surface area contributed by atoms with Gasteiger partial charge in [0.25, 0.3) is 0 Å². The third-order valence-corrected chi connectivity index (χ3v) is 16.9. The Labute approximate surface area is 445 Å². The van der Waals surface area contributed by atoms with Gasteiger partial charge in [-0.3, -0.25) is 0 Å². The topological polar surface area (TPSA) is 16.4 Å². The molecule has 2 nitrogen and oxygen atoms in total. The maximum atomic E-state index is 6.30. The highest BCUT2D eigenvalue weighted by atomic mass is 32.1. The lowest BCUT2D eigenvalue weighted by molar-refractivity contribution is 0.669. The van der Waals surface area contributed by atoms with Crippen LogP contribution in [0.25, 0.3) is 97.7 Å². The van der Waals surface area contributed by atoms with Crippen molar-refractivity contribution in [1.82, 2.24) is 0 Å². The molecule has 0 unspecified atom stereocenters. The highest BCUT2D eigenvalue weighted by molar-refractivity contribution is 7.25. The standard InChI is InChI=1S/C73H47NOS/c1-3-16-55(17-4-1)73(56-18-5-2-6-19-56)66-25-10-7-21-61(66)65-46-53(38-44-67(65)73)49-31-29-48(30-32-49)52-15-13-20-59(45-52)74(57-39-33-50(34-40-57)54-37-43-63-62-22-9-12-28-70(62)76-71(63)47-54)58-41-35-51(36-42-58)60-24-14-27-69-72(60)64-23-8-11-26-68(64)75-69/h1-47H. The fourth-order valence-electron chi connectivity index (χ4n) is 12.3. The third-order valence-electron chi connectivity index (χ3n) is 15.8. The molecule has 76 heavy (non-hydrogen) atoms. The normalized spacial score (nSPS) is 12.6. The molecule has 0 saturated carbocycles. The maximum absolute atomic E-state index is 6.30. The van der Waals surface area contributed by atoms with Gasteiger partial charge in [0.05, 0.1) is 5.41 Å². The van der Waals surface area contributed by atoms with Gasteiger partial charge in [0.1, 0.15) is 11.2 Å². The second kappa shape index (κ2) is 17.8. The molecule has 2 aromatic heterocycles. The molecule has 3 heteroatoms. The van der Waals surface area contributed by atoms with Crippen molar-refractivity contribution >= 4 is 70.5 Å². The molecule has 356 valence electrons. The number of hydrogen-bond acceptors (Lipinski definition) is 3. The van der Waals surface area contributed by atoms with Gasteiger partial charge in [-0.05, 0) is 145 Å². The van der Waals surface area contributed by atoms with Gasteiger partial charge in [-0.2, -0.15) is 0 Å². The van der Waals surface area contributed by atoms with Crippen LogP contribution in [0.4, 0.5) is 17.1 Å². The first-order valence-electron chi connectivity index (χ1n) is 26.0. The van der Waals surface area contributed by atoms with Gasteiger partial charge < -0.3 is 9.32 Å². The Kier molecular flexibility index (Phi) is 10.3. The molecule has 0 atom stereocenters. The summed E-state index contributed by atoms with van der Waals surface area (Å²) in [5.41, 5.74) is 21.7. The van der Waals surface area contributed by atoms with Crippen molar-refractivity contribution in [2.24, 2.45) is 0 Å². The number of thiophene rings is 1. The molecule has 1 aliphatic rings. The first-order chi connectivity index (χ1) is 37.7. The van der Waals surface area contributed by atoms with Crippen molar-refractivity contribution in [2.75, 3.05) is 4.90 Å². The van der Waals surface area contributed by atoms with E-state index in [4.69, 9.17) is 4.42 Å². The zero-order valence-electron chi connectivity index (χ0n) is 41.4.